The summed E-state index contributed by atoms with van der Waals surface area (Å²) < 4.78 is 32.8. The minimum Gasteiger partial charge on any atom is -0.460 e. The lowest BCUT2D eigenvalue weighted by Gasteiger charge is -2.18. The van der Waals surface area contributed by atoms with Gasteiger partial charge in [-0.1, -0.05) is 30.3 Å². The maximum atomic E-state index is 13.9. The van der Waals surface area contributed by atoms with Crippen molar-refractivity contribution in [2.24, 2.45) is 0 Å². The summed E-state index contributed by atoms with van der Waals surface area (Å²) in [4.78, 5) is 25.5. The zero-order valence-electron chi connectivity index (χ0n) is 16.3. The molecule has 2 amide bonds. The van der Waals surface area contributed by atoms with E-state index in [4.69, 9.17) is 4.42 Å². The fourth-order valence-electron chi connectivity index (χ4n) is 4.04. The van der Waals surface area contributed by atoms with Gasteiger partial charge in [-0.15, -0.1) is 0 Å². The van der Waals surface area contributed by atoms with Crippen LogP contribution in [-0.4, -0.2) is 11.8 Å². The molecule has 3 aromatic carbocycles. The van der Waals surface area contributed by atoms with Crippen molar-refractivity contribution in [2.45, 2.75) is 13.0 Å². The Morgan fingerprint density at radius 3 is 2.71 bits per heavy atom. The van der Waals surface area contributed by atoms with Gasteiger partial charge < -0.3 is 15.1 Å². The first kappa shape index (κ1) is 19.0. The smallest absolute Gasteiger partial charge is 0.259 e. The van der Waals surface area contributed by atoms with Crippen molar-refractivity contribution in [1.29, 1.82) is 0 Å². The van der Waals surface area contributed by atoms with Crippen LogP contribution in [0.1, 0.15) is 43.4 Å². The van der Waals surface area contributed by atoms with Crippen molar-refractivity contribution in [3.63, 3.8) is 0 Å². The van der Waals surface area contributed by atoms with Gasteiger partial charge in [0, 0.05) is 28.3 Å². The number of carbonyl (C=O) groups excluding carboxylic acids is 2. The van der Waals surface area contributed by atoms with Gasteiger partial charge in [0.15, 0.2) is 11.4 Å². The van der Waals surface area contributed by atoms with Crippen LogP contribution in [-0.2, 0) is 0 Å². The Morgan fingerprint density at radius 1 is 1.10 bits per heavy atom. The Labute approximate surface area is 175 Å². The minimum atomic E-state index is -0.885. The molecular formula is C24H16F2N2O3. The maximum Gasteiger partial charge on any atom is 0.259 e. The number of hydrogen-bond acceptors (Lipinski definition) is 3. The van der Waals surface area contributed by atoms with Crippen molar-refractivity contribution in [2.75, 3.05) is 5.32 Å². The molecule has 4 aromatic rings. The van der Waals surface area contributed by atoms with Crippen molar-refractivity contribution in [1.82, 2.24) is 5.32 Å². The zero-order chi connectivity index (χ0) is 21.7. The van der Waals surface area contributed by atoms with Crippen molar-refractivity contribution < 1.29 is 22.8 Å². The fourth-order valence-corrected chi connectivity index (χ4v) is 4.04. The topological polar surface area (TPSA) is 71.3 Å². The third kappa shape index (κ3) is 3.06. The number of fused-ring (bicyclic) bond motifs is 2. The quantitative estimate of drug-likeness (QED) is 0.486. The summed E-state index contributed by atoms with van der Waals surface area (Å²) in [6.07, 6.45) is 1.09. The molecule has 1 aliphatic heterocycles. The molecule has 2 N–H and O–H groups in total. The number of amides is 2. The molecule has 0 radical (unpaired) electrons. The minimum absolute atomic E-state index is 0.00396. The number of rotatable bonds is 3. The van der Waals surface area contributed by atoms with Crippen molar-refractivity contribution in [3.8, 4) is 0 Å². The number of furan rings is 1. The van der Waals surface area contributed by atoms with Gasteiger partial charge in [0.1, 0.15) is 12.1 Å². The standard InChI is InChI=1S/C24H16F2N2O3/c1-12-5-2-3-6-14(12)21-20-15(23(29)28-21)7-4-8-19(20)27-24(30)17-11-31-22-16(17)9-13(25)10-18(22)26/h2-11,21H,1H3,(H,27,30)(H,28,29)/t21-/m1/s1. The van der Waals surface area contributed by atoms with Crippen LogP contribution in [0.5, 0.6) is 0 Å². The summed E-state index contributed by atoms with van der Waals surface area (Å²) in [5.74, 6) is -2.53. The van der Waals surface area contributed by atoms with E-state index in [2.05, 4.69) is 10.6 Å². The van der Waals surface area contributed by atoms with Gasteiger partial charge in [-0.3, -0.25) is 9.59 Å². The summed E-state index contributed by atoms with van der Waals surface area (Å²) in [6.45, 7) is 1.95. The highest BCUT2D eigenvalue weighted by molar-refractivity contribution is 6.13. The number of anilines is 1. The second-order valence-electron chi connectivity index (χ2n) is 7.40. The predicted molar refractivity (Wildman–Crippen MR) is 111 cm³/mol. The molecule has 1 atom stereocenters. The first-order valence-corrected chi connectivity index (χ1v) is 9.61. The molecule has 31 heavy (non-hydrogen) atoms. The molecular weight excluding hydrogens is 402 g/mol. The first-order chi connectivity index (χ1) is 14.9. The summed E-state index contributed by atoms with van der Waals surface area (Å²) >= 11 is 0. The third-order valence-corrected chi connectivity index (χ3v) is 5.50. The van der Waals surface area contributed by atoms with Crippen LogP contribution in [0.3, 0.4) is 0 Å². The lowest BCUT2D eigenvalue weighted by atomic mass is 9.93. The third-order valence-electron chi connectivity index (χ3n) is 5.50. The van der Waals surface area contributed by atoms with Gasteiger partial charge in [-0.05, 0) is 36.2 Å². The van der Waals surface area contributed by atoms with Crippen molar-refractivity contribution in [3.05, 3.63) is 100 Å². The molecule has 2 heterocycles. The van der Waals surface area contributed by atoms with E-state index in [0.29, 0.717) is 22.9 Å². The van der Waals surface area contributed by atoms with E-state index in [1.165, 1.54) is 0 Å². The van der Waals surface area contributed by atoms with Gasteiger partial charge >= 0.3 is 0 Å². The summed E-state index contributed by atoms with van der Waals surface area (Å²) in [5, 5.41) is 5.78. The van der Waals surface area contributed by atoms with Crippen LogP contribution in [0, 0.1) is 18.6 Å². The second kappa shape index (κ2) is 7.05. The number of halogens is 2. The van der Waals surface area contributed by atoms with Crippen LogP contribution >= 0.6 is 0 Å². The number of aryl methyl sites for hydroxylation is 1. The SMILES string of the molecule is Cc1ccccc1[C@H]1NC(=O)c2cccc(NC(=O)c3coc4c(F)cc(F)cc34)c21. The fraction of sp³-hybridized carbons (Fsp3) is 0.0833. The van der Waals surface area contributed by atoms with E-state index in [1.807, 2.05) is 31.2 Å². The lowest BCUT2D eigenvalue weighted by Crippen LogP contribution is -2.21. The van der Waals surface area contributed by atoms with E-state index in [0.717, 1.165) is 23.5 Å². The molecule has 0 fully saturated rings. The largest absolute Gasteiger partial charge is 0.460 e. The predicted octanol–water partition coefficient (Wildman–Crippen LogP) is 5.10. The lowest BCUT2D eigenvalue weighted by molar-refractivity contribution is 0.0959. The van der Waals surface area contributed by atoms with E-state index >= 15 is 0 Å². The molecule has 0 bridgehead atoms. The Bertz CT molecular complexity index is 1380. The number of hydrogen-bond donors (Lipinski definition) is 2. The normalized spacial score (nSPS) is 15.1. The van der Waals surface area contributed by atoms with Gasteiger partial charge in [0.2, 0.25) is 0 Å². The van der Waals surface area contributed by atoms with Gasteiger partial charge in [-0.25, -0.2) is 8.78 Å². The molecule has 1 aromatic heterocycles. The van der Waals surface area contributed by atoms with Crippen LogP contribution in [0.15, 0.2) is 65.3 Å². The molecule has 0 unspecified atom stereocenters. The van der Waals surface area contributed by atoms with Crippen LogP contribution < -0.4 is 10.6 Å². The van der Waals surface area contributed by atoms with Gasteiger partial charge in [0.25, 0.3) is 11.8 Å². The maximum absolute atomic E-state index is 13.9. The van der Waals surface area contributed by atoms with Crippen molar-refractivity contribution >= 4 is 28.5 Å². The van der Waals surface area contributed by atoms with Gasteiger partial charge in [0.05, 0.1) is 11.6 Å². The Kier molecular flexibility index (Phi) is 4.32. The molecule has 0 spiro atoms. The first-order valence-electron chi connectivity index (χ1n) is 9.61. The number of carbonyl (C=O) groups is 2. The average molecular weight is 418 g/mol. The molecule has 0 aliphatic carbocycles. The Morgan fingerprint density at radius 2 is 1.90 bits per heavy atom. The second-order valence-corrected chi connectivity index (χ2v) is 7.40. The highest BCUT2D eigenvalue weighted by Crippen LogP contribution is 2.38. The van der Waals surface area contributed by atoms with Gasteiger partial charge in [-0.2, -0.15) is 0 Å². The average Bonchev–Trinajstić information content (AvgIpc) is 3.31. The van der Waals surface area contributed by atoms with E-state index in [1.54, 1.807) is 18.2 Å². The molecule has 5 nitrogen and oxygen atoms in total. The highest BCUT2D eigenvalue weighted by Gasteiger charge is 2.33. The van der Waals surface area contributed by atoms with Crippen LogP contribution in [0.25, 0.3) is 11.0 Å². The Balaban J connectivity index is 1.57. The molecule has 7 heteroatoms. The monoisotopic (exact) mass is 418 g/mol. The molecule has 154 valence electrons. The van der Waals surface area contributed by atoms with E-state index in [-0.39, 0.29) is 22.4 Å². The van der Waals surface area contributed by atoms with Crippen LogP contribution in [0.2, 0.25) is 0 Å². The number of nitrogens with one attached hydrogen (secondary N) is 2. The summed E-state index contributed by atoms with van der Waals surface area (Å²) in [5.41, 5.74) is 3.23. The summed E-state index contributed by atoms with van der Waals surface area (Å²) in [7, 11) is 0. The van der Waals surface area contributed by atoms with E-state index in [9.17, 15) is 18.4 Å². The number of benzene rings is 3. The molecule has 0 saturated carbocycles. The van der Waals surface area contributed by atoms with Crippen LogP contribution in [0.4, 0.5) is 14.5 Å². The zero-order valence-corrected chi connectivity index (χ0v) is 16.3. The molecule has 5 rings (SSSR count). The summed E-state index contributed by atoms with van der Waals surface area (Å²) in [6, 6.07) is 14.0. The molecule has 1 aliphatic rings. The van der Waals surface area contributed by atoms with E-state index < -0.39 is 23.6 Å². The highest BCUT2D eigenvalue weighted by atomic mass is 19.1. The Hall–Kier alpha value is -4.00. The molecule has 0 saturated heterocycles.